The zero-order valence-electron chi connectivity index (χ0n) is 18.6. The van der Waals surface area contributed by atoms with Crippen molar-refractivity contribution in [3.63, 3.8) is 0 Å². The molecule has 0 spiro atoms. The molecule has 33 heavy (non-hydrogen) atoms. The summed E-state index contributed by atoms with van der Waals surface area (Å²) >= 11 is 0. The third-order valence-electron chi connectivity index (χ3n) is 6.65. The van der Waals surface area contributed by atoms with Gasteiger partial charge in [-0.2, -0.15) is 10.2 Å². The number of piperidine rings is 1. The van der Waals surface area contributed by atoms with Crippen molar-refractivity contribution in [2.75, 3.05) is 18.4 Å². The normalized spacial score (nSPS) is 17.5. The molecule has 3 aromatic heterocycles. The third-order valence-corrected chi connectivity index (χ3v) is 6.65. The molecule has 4 aromatic rings. The van der Waals surface area contributed by atoms with Gasteiger partial charge < -0.3 is 4.90 Å². The van der Waals surface area contributed by atoms with Crippen LogP contribution in [0.2, 0.25) is 0 Å². The molecule has 4 heterocycles. The summed E-state index contributed by atoms with van der Waals surface area (Å²) in [5, 5.41) is 12.4. The summed E-state index contributed by atoms with van der Waals surface area (Å²) in [5.41, 5.74) is 3.31. The Kier molecular flexibility index (Phi) is 4.91. The Morgan fingerprint density at radius 1 is 0.970 bits per heavy atom. The Bertz CT molecular complexity index is 1310. The van der Waals surface area contributed by atoms with Gasteiger partial charge in [0.05, 0.1) is 29.5 Å². The van der Waals surface area contributed by atoms with E-state index in [1.165, 1.54) is 12.8 Å². The average molecular weight is 443 g/mol. The van der Waals surface area contributed by atoms with Gasteiger partial charge in [-0.15, -0.1) is 0 Å². The van der Waals surface area contributed by atoms with Crippen molar-refractivity contribution < 1.29 is 4.79 Å². The zero-order valence-corrected chi connectivity index (χ0v) is 18.6. The van der Waals surface area contributed by atoms with E-state index < -0.39 is 0 Å². The van der Waals surface area contributed by atoms with Crippen molar-refractivity contribution in [2.24, 2.45) is 7.05 Å². The molecule has 1 aliphatic carbocycles. The van der Waals surface area contributed by atoms with E-state index in [0.717, 1.165) is 54.0 Å². The molecular weight excluding hydrogens is 416 g/mol. The van der Waals surface area contributed by atoms with Crippen LogP contribution in [0.1, 0.15) is 42.1 Å². The van der Waals surface area contributed by atoms with Gasteiger partial charge in [-0.1, -0.05) is 12.1 Å². The molecule has 0 atom stereocenters. The number of anilines is 1. The van der Waals surface area contributed by atoms with Gasteiger partial charge in [0.15, 0.2) is 0 Å². The summed E-state index contributed by atoms with van der Waals surface area (Å²) in [6.07, 6.45) is 13.8. The van der Waals surface area contributed by atoms with Gasteiger partial charge in [0.1, 0.15) is 0 Å². The smallest absolute Gasteiger partial charge is 0.261 e. The molecule has 2 aliphatic rings. The van der Waals surface area contributed by atoms with Crippen molar-refractivity contribution in [3.05, 3.63) is 54.7 Å². The van der Waals surface area contributed by atoms with Gasteiger partial charge in [-0.25, -0.2) is 9.97 Å². The second-order valence-electron chi connectivity index (χ2n) is 9.03. The van der Waals surface area contributed by atoms with E-state index in [4.69, 9.17) is 0 Å². The zero-order chi connectivity index (χ0) is 22.4. The molecule has 9 nitrogen and oxygen atoms in total. The van der Waals surface area contributed by atoms with Gasteiger partial charge in [-0.3, -0.25) is 19.5 Å². The van der Waals surface area contributed by atoms with E-state index in [1.54, 1.807) is 17.1 Å². The van der Waals surface area contributed by atoms with Crippen molar-refractivity contribution in [3.8, 4) is 11.1 Å². The number of amides is 1. The van der Waals surface area contributed by atoms with Crippen LogP contribution in [0.4, 0.5) is 5.95 Å². The molecule has 9 heteroatoms. The highest BCUT2D eigenvalue weighted by Gasteiger charge is 2.32. The summed E-state index contributed by atoms with van der Waals surface area (Å²) in [7, 11) is 1.89. The van der Waals surface area contributed by atoms with Crippen LogP contribution in [-0.2, 0) is 7.05 Å². The molecule has 2 fully saturated rings. The summed E-state index contributed by atoms with van der Waals surface area (Å²) in [4.78, 5) is 24.3. The minimum absolute atomic E-state index is 0.251. The minimum Gasteiger partial charge on any atom is -0.300 e. The molecule has 1 aliphatic heterocycles. The Balaban J connectivity index is 1.15. The number of carbonyl (C=O) groups is 1. The number of likely N-dealkylation sites (tertiary alicyclic amines) is 1. The quantitative estimate of drug-likeness (QED) is 0.510. The van der Waals surface area contributed by atoms with Crippen LogP contribution < -0.4 is 5.32 Å². The lowest BCUT2D eigenvalue weighted by molar-refractivity contribution is 0.102. The van der Waals surface area contributed by atoms with Gasteiger partial charge >= 0.3 is 0 Å². The van der Waals surface area contributed by atoms with Gasteiger partial charge in [0, 0.05) is 55.7 Å². The van der Waals surface area contributed by atoms with Crippen LogP contribution in [0.25, 0.3) is 22.0 Å². The van der Waals surface area contributed by atoms with Crippen molar-refractivity contribution in [2.45, 2.75) is 37.8 Å². The number of hydrogen-bond acceptors (Lipinski definition) is 6. The average Bonchev–Trinajstić information content (AvgIpc) is 3.40. The predicted octanol–water partition coefficient (Wildman–Crippen LogP) is 3.28. The summed E-state index contributed by atoms with van der Waals surface area (Å²) in [6, 6.07) is 7.14. The van der Waals surface area contributed by atoms with Crippen LogP contribution in [0.5, 0.6) is 0 Å². The lowest BCUT2D eigenvalue weighted by atomic mass is 10.1. The SMILES string of the molecule is Cn1cc(-c2ccc3cnc(NC(=O)c4cnn(C5CCN(C6CC6)CC5)c4)nc3c2)cn1. The van der Waals surface area contributed by atoms with Gasteiger partial charge in [0.2, 0.25) is 5.95 Å². The van der Waals surface area contributed by atoms with Crippen LogP contribution >= 0.6 is 0 Å². The van der Waals surface area contributed by atoms with Crippen LogP contribution in [-0.4, -0.2) is 59.5 Å². The maximum Gasteiger partial charge on any atom is 0.261 e. The van der Waals surface area contributed by atoms with E-state index >= 15 is 0 Å². The first kappa shape index (κ1) is 20.0. The molecule has 6 rings (SSSR count). The number of nitrogens with one attached hydrogen (secondary N) is 1. The molecule has 168 valence electrons. The van der Waals surface area contributed by atoms with Crippen LogP contribution in [0.15, 0.2) is 49.2 Å². The van der Waals surface area contributed by atoms with E-state index in [9.17, 15) is 4.79 Å². The third kappa shape index (κ3) is 4.11. The number of benzene rings is 1. The fourth-order valence-corrected chi connectivity index (χ4v) is 4.62. The largest absolute Gasteiger partial charge is 0.300 e. The molecule has 1 N–H and O–H groups in total. The predicted molar refractivity (Wildman–Crippen MR) is 125 cm³/mol. The summed E-state index contributed by atoms with van der Waals surface area (Å²) in [6.45, 7) is 2.23. The molecule has 1 aromatic carbocycles. The first-order chi connectivity index (χ1) is 16.1. The second-order valence-corrected chi connectivity index (χ2v) is 9.03. The fourth-order valence-electron chi connectivity index (χ4n) is 4.62. The number of rotatable bonds is 5. The van der Waals surface area contributed by atoms with E-state index in [1.807, 2.05) is 48.5 Å². The Morgan fingerprint density at radius 2 is 1.82 bits per heavy atom. The maximum atomic E-state index is 12.8. The highest BCUT2D eigenvalue weighted by molar-refractivity contribution is 6.03. The molecule has 1 amide bonds. The lowest BCUT2D eigenvalue weighted by Gasteiger charge is -2.32. The number of fused-ring (bicyclic) bond motifs is 1. The van der Waals surface area contributed by atoms with Crippen LogP contribution in [0.3, 0.4) is 0 Å². The van der Waals surface area contributed by atoms with Crippen molar-refractivity contribution in [1.82, 2.24) is 34.4 Å². The number of carbonyl (C=O) groups excluding carboxylic acids is 1. The summed E-state index contributed by atoms with van der Waals surface area (Å²) < 4.78 is 3.71. The molecule has 1 saturated carbocycles. The fraction of sp³-hybridized carbons (Fsp3) is 0.375. The van der Waals surface area contributed by atoms with Gasteiger partial charge in [0.25, 0.3) is 5.91 Å². The van der Waals surface area contributed by atoms with E-state index in [-0.39, 0.29) is 11.9 Å². The molecular formula is C24H26N8O. The molecule has 1 saturated heterocycles. The minimum atomic E-state index is -0.251. The standard InChI is InChI=1S/C24H26N8O/c1-30-14-18(12-26-30)16-2-3-17-11-25-24(28-22(17)10-16)29-23(33)19-13-27-32(15-19)21-6-8-31(9-7-21)20-4-5-20/h2-3,10-15,20-21H,4-9H2,1H3,(H,25,28,29,33). The highest BCUT2D eigenvalue weighted by atomic mass is 16.1. The van der Waals surface area contributed by atoms with E-state index in [2.05, 4.69) is 30.4 Å². The lowest BCUT2D eigenvalue weighted by Crippen LogP contribution is -2.36. The first-order valence-electron chi connectivity index (χ1n) is 11.5. The monoisotopic (exact) mass is 442 g/mol. The van der Waals surface area contributed by atoms with Crippen LogP contribution in [0, 0.1) is 0 Å². The van der Waals surface area contributed by atoms with Crippen molar-refractivity contribution in [1.29, 1.82) is 0 Å². The second kappa shape index (κ2) is 8.08. The first-order valence-corrected chi connectivity index (χ1v) is 11.5. The summed E-state index contributed by atoms with van der Waals surface area (Å²) in [5.74, 6) is 0.0285. The van der Waals surface area contributed by atoms with Gasteiger partial charge in [-0.05, 0) is 37.3 Å². The number of aryl methyl sites for hydroxylation is 1. The van der Waals surface area contributed by atoms with Crippen molar-refractivity contribution >= 4 is 22.8 Å². The number of aromatic nitrogens is 6. The molecule has 0 unspecified atom stereocenters. The Labute approximate surface area is 191 Å². The number of nitrogens with zero attached hydrogens (tertiary/aromatic N) is 7. The molecule has 0 radical (unpaired) electrons. The topological polar surface area (TPSA) is 93.8 Å². The Morgan fingerprint density at radius 3 is 2.58 bits per heavy atom. The molecule has 0 bridgehead atoms. The Hall–Kier alpha value is -3.59. The maximum absolute atomic E-state index is 12.8. The number of hydrogen-bond donors (Lipinski definition) is 1. The van der Waals surface area contributed by atoms with E-state index in [0.29, 0.717) is 11.6 Å². The highest BCUT2D eigenvalue weighted by Crippen LogP contribution is 2.32.